The largest absolute Gasteiger partial charge is 0.352 e. The van der Waals surface area contributed by atoms with Crippen molar-refractivity contribution in [2.45, 2.75) is 44.8 Å². The van der Waals surface area contributed by atoms with Gasteiger partial charge in [0.1, 0.15) is 0 Å². The van der Waals surface area contributed by atoms with Crippen molar-refractivity contribution in [3.63, 3.8) is 0 Å². The fourth-order valence-electron chi connectivity index (χ4n) is 4.34. The number of amides is 3. The van der Waals surface area contributed by atoms with Gasteiger partial charge < -0.3 is 15.5 Å². The Hall–Kier alpha value is -3.19. The lowest BCUT2D eigenvalue weighted by molar-refractivity contribution is -0.134. The van der Waals surface area contributed by atoms with Crippen LogP contribution >= 0.6 is 0 Å². The van der Waals surface area contributed by atoms with Crippen LogP contribution in [0.25, 0.3) is 0 Å². The maximum absolute atomic E-state index is 13.0. The number of likely N-dealkylation sites (tertiary alicyclic amines) is 1. The minimum atomic E-state index is -0.514. The molecule has 2 aromatic carbocycles. The minimum Gasteiger partial charge on any atom is -0.352 e. The van der Waals surface area contributed by atoms with E-state index < -0.39 is 6.04 Å². The van der Waals surface area contributed by atoms with Crippen LogP contribution < -0.4 is 10.6 Å². The molecule has 0 bridgehead atoms. The topological polar surface area (TPSA) is 81.8 Å². The van der Waals surface area contributed by atoms with Crippen molar-refractivity contribution in [1.82, 2.24) is 15.1 Å². The fourth-order valence-corrected chi connectivity index (χ4v) is 4.34. The number of carbonyl (C=O) groups is 3. The van der Waals surface area contributed by atoms with Crippen LogP contribution in [0.5, 0.6) is 0 Å². The van der Waals surface area contributed by atoms with E-state index in [-0.39, 0.29) is 36.3 Å². The molecule has 0 radical (unpaired) electrons. The Morgan fingerprint density at radius 2 is 1.69 bits per heavy atom. The molecule has 0 aromatic heterocycles. The quantitative estimate of drug-likeness (QED) is 0.699. The van der Waals surface area contributed by atoms with E-state index in [1.165, 1.54) is 17.4 Å². The number of nitrogens with one attached hydrogen (secondary N) is 2. The van der Waals surface area contributed by atoms with Gasteiger partial charge in [-0.05, 0) is 36.1 Å². The molecule has 0 unspecified atom stereocenters. The van der Waals surface area contributed by atoms with Gasteiger partial charge in [0.05, 0.1) is 24.7 Å². The van der Waals surface area contributed by atoms with Crippen LogP contribution in [0, 0.1) is 0 Å². The van der Waals surface area contributed by atoms with E-state index >= 15 is 0 Å². The van der Waals surface area contributed by atoms with Crippen LogP contribution in [0.3, 0.4) is 0 Å². The molecular formula is C25H32N4O3. The highest BCUT2D eigenvalue weighted by atomic mass is 16.2. The number of carbonyl (C=O) groups excluding carboxylic acids is 3. The zero-order chi connectivity index (χ0) is 23.3. The Kier molecular flexibility index (Phi) is 7.64. The van der Waals surface area contributed by atoms with Crippen molar-refractivity contribution in [3.05, 3.63) is 65.7 Å². The van der Waals surface area contributed by atoms with Crippen LogP contribution in [-0.4, -0.2) is 60.2 Å². The second-order valence-electron chi connectivity index (χ2n) is 8.42. The van der Waals surface area contributed by atoms with Gasteiger partial charge in [0.15, 0.2) is 0 Å². The van der Waals surface area contributed by atoms with Gasteiger partial charge in [0, 0.05) is 26.7 Å². The lowest BCUT2D eigenvalue weighted by atomic mass is 9.99. The number of anilines is 1. The van der Waals surface area contributed by atoms with E-state index in [1.54, 1.807) is 14.1 Å². The van der Waals surface area contributed by atoms with Crippen molar-refractivity contribution in [3.8, 4) is 0 Å². The van der Waals surface area contributed by atoms with Gasteiger partial charge in [0.2, 0.25) is 17.7 Å². The molecule has 3 rings (SSSR count). The van der Waals surface area contributed by atoms with Crippen LogP contribution in [0.4, 0.5) is 5.69 Å². The Bertz CT molecular complexity index is 943. The summed E-state index contributed by atoms with van der Waals surface area (Å²) >= 11 is 0. The van der Waals surface area contributed by atoms with E-state index in [0.717, 1.165) is 17.7 Å². The molecule has 7 heteroatoms. The fraction of sp³-hybridized carbons (Fsp3) is 0.400. The van der Waals surface area contributed by atoms with Crippen LogP contribution in [0.1, 0.15) is 37.4 Å². The zero-order valence-electron chi connectivity index (χ0n) is 19.2. The zero-order valence-corrected chi connectivity index (χ0v) is 19.2. The maximum Gasteiger partial charge on any atom is 0.239 e. The molecule has 1 aliphatic rings. The lowest BCUT2D eigenvalue weighted by Gasteiger charge is -2.31. The molecule has 2 aromatic rings. The highest BCUT2D eigenvalue weighted by molar-refractivity contribution is 5.93. The molecule has 0 spiro atoms. The molecule has 3 atom stereocenters. The number of aryl methyl sites for hydroxylation is 1. The molecular weight excluding hydrogens is 404 g/mol. The lowest BCUT2D eigenvalue weighted by Crippen LogP contribution is -2.46. The van der Waals surface area contributed by atoms with Crippen LogP contribution in [0.2, 0.25) is 0 Å². The third-order valence-corrected chi connectivity index (χ3v) is 5.84. The first-order chi connectivity index (χ1) is 15.3. The van der Waals surface area contributed by atoms with Gasteiger partial charge in [-0.15, -0.1) is 0 Å². The number of nitrogens with zero attached hydrogens (tertiary/aromatic N) is 2. The molecule has 1 heterocycles. The van der Waals surface area contributed by atoms with Crippen molar-refractivity contribution in [2.24, 2.45) is 0 Å². The molecule has 170 valence electrons. The third kappa shape index (κ3) is 5.53. The average Bonchev–Trinajstić information content (AvgIpc) is 3.10. The summed E-state index contributed by atoms with van der Waals surface area (Å²) in [6.07, 6.45) is 1.37. The predicted molar refractivity (Wildman–Crippen MR) is 125 cm³/mol. The minimum absolute atomic E-state index is 0.0371. The second kappa shape index (κ2) is 10.4. The summed E-state index contributed by atoms with van der Waals surface area (Å²) in [5.41, 5.74) is 2.87. The highest BCUT2D eigenvalue weighted by Gasteiger charge is 2.46. The molecule has 2 N–H and O–H groups in total. The summed E-state index contributed by atoms with van der Waals surface area (Å²) in [6.45, 7) is 3.59. The molecule has 1 fully saturated rings. The van der Waals surface area contributed by atoms with Gasteiger partial charge in [-0.1, -0.05) is 49.4 Å². The van der Waals surface area contributed by atoms with E-state index in [4.69, 9.17) is 0 Å². The predicted octanol–water partition coefficient (Wildman–Crippen LogP) is 2.60. The van der Waals surface area contributed by atoms with E-state index in [9.17, 15) is 14.4 Å². The number of likely N-dealkylation sites (N-methyl/N-ethyl adjacent to an activating group) is 1. The van der Waals surface area contributed by atoms with Crippen LogP contribution in [-0.2, 0) is 20.8 Å². The van der Waals surface area contributed by atoms with Gasteiger partial charge in [0.25, 0.3) is 0 Å². The molecule has 32 heavy (non-hydrogen) atoms. The first-order valence-corrected chi connectivity index (χ1v) is 11.0. The summed E-state index contributed by atoms with van der Waals surface area (Å²) in [6, 6.07) is 16.4. The summed E-state index contributed by atoms with van der Waals surface area (Å²) < 4.78 is 0. The van der Waals surface area contributed by atoms with Crippen molar-refractivity contribution < 1.29 is 14.4 Å². The third-order valence-electron chi connectivity index (χ3n) is 5.84. The maximum atomic E-state index is 13.0. The first-order valence-electron chi connectivity index (χ1n) is 11.0. The Labute approximate surface area is 189 Å². The SMILES string of the molecule is CCc1ccc(NC(=O)CN2[C@H](C(=O)N(C)C)C[C@H](NC(C)=O)[C@@H]2c2ccccc2)cc1. The van der Waals surface area contributed by atoms with Crippen molar-refractivity contribution in [1.29, 1.82) is 0 Å². The second-order valence-corrected chi connectivity index (χ2v) is 8.42. The smallest absolute Gasteiger partial charge is 0.239 e. The van der Waals surface area contributed by atoms with Gasteiger partial charge in [-0.2, -0.15) is 0 Å². The first kappa shape index (κ1) is 23.5. The molecule has 1 saturated heterocycles. The summed E-state index contributed by atoms with van der Waals surface area (Å²) in [4.78, 5) is 41.4. The summed E-state index contributed by atoms with van der Waals surface area (Å²) in [7, 11) is 3.41. The molecule has 7 nitrogen and oxygen atoms in total. The van der Waals surface area contributed by atoms with Gasteiger partial charge in [-0.25, -0.2) is 0 Å². The van der Waals surface area contributed by atoms with Crippen LogP contribution in [0.15, 0.2) is 54.6 Å². The van der Waals surface area contributed by atoms with Gasteiger partial charge >= 0.3 is 0 Å². The molecule has 1 aliphatic heterocycles. The van der Waals surface area contributed by atoms with Crippen molar-refractivity contribution >= 4 is 23.4 Å². The monoisotopic (exact) mass is 436 g/mol. The van der Waals surface area contributed by atoms with E-state index in [2.05, 4.69) is 17.6 Å². The molecule has 0 saturated carbocycles. The standard InChI is InChI=1S/C25H32N4O3/c1-5-18-11-13-20(14-12-18)27-23(31)16-29-22(25(32)28(3)4)15-21(26-17(2)30)24(29)19-9-7-6-8-10-19/h6-14,21-22,24H,5,15-16H2,1-4H3,(H,26,30)(H,27,31)/t21-,22-,24-/m0/s1. The van der Waals surface area contributed by atoms with E-state index in [0.29, 0.717) is 6.42 Å². The Balaban J connectivity index is 1.88. The number of rotatable bonds is 7. The Morgan fingerprint density at radius 3 is 2.25 bits per heavy atom. The highest BCUT2D eigenvalue weighted by Crippen LogP contribution is 2.37. The van der Waals surface area contributed by atoms with E-state index in [1.807, 2.05) is 59.5 Å². The molecule has 3 amide bonds. The average molecular weight is 437 g/mol. The number of hydrogen-bond donors (Lipinski definition) is 2. The number of hydrogen-bond acceptors (Lipinski definition) is 4. The summed E-state index contributed by atoms with van der Waals surface area (Å²) in [5, 5.41) is 5.94. The van der Waals surface area contributed by atoms with Crippen molar-refractivity contribution in [2.75, 3.05) is 26.0 Å². The summed E-state index contributed by atoms with van der Waals surface area (Å²) in [5.74, 6) is -0.441. The normalized spacial score (nSPS) is 20.6. The van der Waals surface area contributed by atoms with Gasteiger partial charge in [-0.3, -0.25) is 19.3 Å². The Morgan fingerprint density at radius 1 is 1.03 bits per heavy atom. The number of benzene rings is 2. The molecule has 0 aliphatic carbocycles.